The van der Waals surface area contributed by atoms with Gasteiger partial charge in [-0.05, 0) is 23.6 Å². The molecule has 20 heavy (non-hydrogen) atoms. The van der Waals surface area contributed by atoms with Crippen molar-refractivity contribution in [1.82, 2.24) is 10.6 Å². The largest absolute Gasteiger partial charge is 0.378 e. The third-order valence-electron chi connectivity index (χ3n) is 3.02. The fraction of sp³-hybridized carbons (Fsp3) is 0.562. The molecule has 112 valence electrons. The van der Waals surface area contributed by atoms with Crippen LogP contribution in [0.5, 0.6) is 0 Å². The number of benzene rings is 1. The minimum Gasteiger partial charge on any atom is -0.378 e. The van der Waals surface area contributed by atoms with E-state index in [4.69, 9.17) is 0 Å². The lowest BCUT2D eigenvalue weighted by Crippen LogP contribution is -2.30. The van der Waals surface area contributed by atoms with Crippen LogP contribution in [0, 0.1) is 5.92 Å². The van der Waals surface area contributed by atoms with Gasteiger partial charge in [0.25, 0.3) is 0 Å². The number of anilines is 1. The van der Waals surface area contributed by atoms with Crippen molar-refractivity contribution < 1.29 is 4.79 Å². The molecule has 1 aromatic carbocycles. The standard InChI is InChI=1S/C16H27N3O/c1-13(2)11-18-16(20)9-10-17-12-14-5-7-15(8-6-14)19(3)4/h5-8,13,17H,9-12H2,1-4H3,(H,18,20). The van der Waals surface area contributed by atoms with Crippen molar-refractivity contribution in [2.24, 2.45) is 5.92 Å². The van der Waals surface area contributed by atoms with Crippen LogP contribution < -0.4 is 15.5 Å². The van der Waals surface area contributed by atoms with E-state index in [0.717, 1.165) is 13.1 Å². The number of nitrogens with one attached hydrogen (secondary N) is 2. The van der Waals surface area contributed by atoms with Gasteiger partial charge in [-0.3, -0.25) is 4.79 Å². The quantitative estimate of drug-likeness (QED) is 0.714. The molecule has 0 heterocycles. The zero-order valence-electron chi connectivity index (χ0n) is 13.1. The molecular weight excluding hydrogens is 250 g/mol. The summed E-state index contributed by atoms with van der Waals surface area (Å²) in [7, 11) is 4.06. The Balaban J connectivity index is 2.19. The zero-order valence-corrected chi connectivity index (χ0v) is 13.1. The highest BCUT2D eigenvalue weighted by atomic mass is 16.1. The molecule has 2 N–H and O–H groups in total. The molecule has 0 aliphatic heterocycles. The molecule has 4 heteroatoms. The second-order valence-electron chi connectivity index (χ2n) is 5.69. The first-order valence-corrected chi connectivity index (χ1v) is 7.22. The summed E-state index contributed by atoms with van der Waals surface area (Å²) in [5.41, 5.74) is 2.43. The van der Waals surface area contributed by atoms with Crippen LogP contribution in [0.15, 0.2) is 24.3 Å². The van der Waals surface area contributed by atoms with Crippen LogP contribution >= 0.6 is 0 Å². The van der Waals surface area contributed by atoms with Crippen LogP contribution in [0.1, 0.15) is 25.8 Å². The van der Waals surface area contributed by atoms with Crippen LogP contribution in [-0.4, -0.2) is 33.1 Å². The molecule has 0 aliphatic carbocycles. The summed E-state index contributed by atoms with van der Waals surface area (Å²) >= 11 is 0. The summed E-state index contributed by atoms with van der Waals surface area (Å²) in [6, 6.07) is 8.43. The molecule has 0 radical (unpaired) electrons. The van der Waals surface area contributed by atoms with E-state index in [1.54, 1.807) is 0 Å². The number of rotatable bonds is 8. The Morgan fingerprint density at radius 1 is 1.20 bits per heavy atom. The van der Waals surface area contributed by atoms with Gasteiger partial charge >= 0.3 is 0 Å². The predicted molar refractivity (Wildman–Crippen MR) is 84.9 cm³/mol. The lowest BCUT2D eigenvalue weighted by molar-refractivity contribution is -0.121. The average Bonchev–Trinajstić information content (AvgIpc) is 2.42. The molecule has 0 saturated carbocycles. The minimum atomic E-state index is 0.120. The number of carbonyl (C=O) groups is 1. The maximum Gasteiger partial charge on any atom is 0.221 e. The van der Waals surface area contributed by atoms with E-state index in [0.29, 0.717) is 18.9 Å². The topological polar surface area (TPSA) is 44.4 Å². The monoisotopic (exact) mass is 277 g/mol. The second kappa shape index (κ2) is 8.59. The van der Waals surface area contributed by atoms with Gasteiger partial charge in [0.15, 0.2) is 0 Å². The highest BCUT2D eigenvalue weighted by Crippen LogP contribution is 2.11. The van der Waals surface area contributed by atoms with Crippen molar-refractivity contribution in [1.29, 1.82) is 0 Å². The SMILES string of the molecule is CC(C)CNC(=O)CCNCc1ccc(N(C)C)cc1. The Morgan fingerprint density at radius 3 is 2.40 bits per heavy atom. The molecule has 0 bridgehead atoms. The van der Waals surface area contributed by atoms with Gasteiger partial charge in [0.2, 0.25) is 5.91 Å². The van der Waals surface area contributed by atoms with Gasteiger partial charge < -0.3 is 15.5 Å². The van der Waals surface area contributed by atoms with Crippen LogP contribution in [0.25, 0.3) is 0 Å². The van der Waals surface area contributed by atoms with E-state index in [2.05, 4.69) is 53.6 Å². The van der Waals surface area contributed by atoms with Crippen molar-refractivity contribution >= 4 is 11.6 Å². The maximum atomic E-state index is 11.5. The van der Waals surface area contributed by atoms with Crippen LogP contribution in [0.2, 0.25) is 0 Å². The predicted octanol–water partition coefficient (Wildman–Crippen LogP) is 2.00. The maximum absolute atomic E-state index is 11.5. The van der Waals surface area contributed by atoms with E-state index in [1.165, 1.54) is 11.3 Å². The third-order valence-corrected chi connectivity index (χ3v) is 3.02. The first-order valence-electron chi connectivity index (χ1n) is 7.22. The minimum absolute atomic E-state index is 0.120. The number of amides is 1. The number of nitrogens with zero attached hydrogens (tertiary/aromatic N) is 1. The lowest BCUT2D eigenvalue weighted by atomic mass is 10.2. The van der Waals surface area contributed by atoms with Crippen molar-refractivity contribution in [2.75, 3.05) is 32.1 Å². The summed E-state index contributed by atoms with van der Waals surface area (Å²) in [4.78, 5) is 13.6. The molecule has 0 unspecified atom stereocenters. The summed E-state index contributed by atoms with van der Waals surface area (Å²) in [5.74, 6) is 0.622. The van der Waals surface area contributed by atoms with E-state index in [1.807, 2.05) is 14.1 Å². The second-order valence-corrected chi connectivity index (χ2v) is 5.69. The van der Waals surface area contributed by atoms with Crippen molar-refractivity contribution in [3.05, 3.63) is 29.8 Å². The molecule has 0 aliphatic rings. The van der Waals surface area contributed by atoms with Gasteiger partial charge in [0, 0.05) is 45.8 Å². The summed E-state index contributed by atoms with van der Waals surface area (Å²) in [5, 5.41) is 6.21. The molecule has 0 atom stereocenters. The Hall–Kier alpha value is -1.55. The Kier molecular flexibility index (Phi) is 7.09. The number of hydrogen-bond donors (Lipinski definition) is 2. The van der Waals surface area contributed by atoms with Gasteiger partial charge in [-0.25, -0.2) is 0 Å². The van der Waals surface area contributed by atoms with Crippen molar-refractivity contribution in [3.63, 3.8) is 0 Å². The first kappa shape index (κ1) is 16.5. The molecule has 0 aromatic heterocycles. The van der Waals surface area contributed by atoms with E-state index in [-0.39, 0.29) is 5.91 Å². The Bertz CT molecular complexity index is 399. The molecule has 0 fully saturated rings. The van der Waals surface area contributed by atoms with Gasteiger partial charge in [0.05, 0.1) is 0 Å². The van der Waals surface area contributed by atoms with E-state index in [9.17, 15) is 4.79 Å². The molecule has 1 rings (SSSR count). The van der Waals surface area contributed by atoms with E-state index >= 15 is 0 Å². The molecule has 4 nitrogen and oxygen atoms in total. The van der Waals surface area contributed by atoms with Crippen LogP contribution in [0.4, 0.5) is 5.69 Å². The average molecular weight is 277 g/mol. The fourth-order valence-corrected chi connectivity index (χ4v) is 1.75. The van der Waals surface area contributed by atoms with Gasteiger partial charge in [-0.2, -0.15) is 0 Å². The fourth-order valence-electron chi connectivity index (χ4n) is 1.75. The lowest BCUT2D eigenvalue weighted by Gasteiger charge is -2.13. The molecule has 1 aromatic rings. The van der Waals surface area contributed by atoms with Crippen molar-refractivity contribution in [3.8, 4) is 0 Å². The molecule has 0 spiro atoms. The summed E-state index contributed by atoms with van der Waals surface area (Å²) in [6.45, 7) is 6.45. The summed E-state index contributed by atoms with van der Waals surface area (Å²) < 4.78 is 0. The number of hydrogen-bond acceptors (Lipinski definition) is 3. The zero-order chi connectivity index (χ0) is 15.0. The van der Waals surface area contributed by atoms with Gasteiger partial charge in [-0.15, -0.1) is 0 Å². The Labute approximate surface area is 122 Å². The van der Waals surface area contributed by atoms with Crippen LogP contribution in [-0.2, 0) is 11.3 Å². The normalized spacial score (nSPS) is 10.7. The van der Waals surface area contributed by atoms with Crippen molar-refractivity contribution in [2.45, 2.75) is 26.8 Å². The molecular formula is C16H27N3O. The highest BCUT2D eigenvalue weighted by Gasteiger charge is 2.02. The van der Waals surface area contributed by atoms with E-state index < -0.39 is 0 Å². The highest BCUT2D eigenvalue weighted by molar-refractivity contribution is 5.76. The Morgan fingerprint density at radius 2 is 1.85 bits per heavy atom. The third kappa shape index (κ3) is 6.57. The molecule has 0 saturated heterocycles. The summed E-state index contributed by atoms with van der Waals surface area (Å²) in [6.07, 6.45) is 0.530. The first-order chi connectivity index (χ1) is 9.49. The molecule has 1 amide bonds. The number of carbonyl (C=O) groups excluding carboxylic acids is 1. The van der Waals surface area contributed by atoms with Crippen LogP contribution in [0.3, 0.4) is 0 Å². The van der Waals surface area contributed by atoms with Gasteiger partial charge in [-0.1, -0.05) is 26.0 Å². The smallest absolute Gasteiger partial charge is 0.221 e. The van der Waals surface area contributed by atoms with Gasteiger partial charge in [0.1, 0.15) is 0 Å².